The molecule has 0 aliphatic carbocycles. The topological polar surface area (TPSA) is 69.8 Å². The quantitative estimate of drug-likeness (QED) is 0.458. The van der Waals surface area contributed by atoms with E-state index in [4.69, 9.17) is 16.6 Å². The highest BCUT2D eigenvalue weighted by molar-refractivity contribution is 7.80. The summed E-state index contributed by atoms with van der Waals surface area (Å²) in [7, 11) is 0. The predicted molar refractivity (Wildman–Crippen MR) is 82.8 cm³/mol. The van der Waals surface area contributed by atoms with Gasteiger partial charge in [0, 0.05) is 12.1 Å². The van der Waals surface area contributed by atoms with E-state index in [9.17, 15) is 5.11 Å². The maximum Gasteiger partial charge on any atom is 0.186 e. The Kier molecular flexibility index (Phi) is 4.73. The Hall–Kier alpha value is -2.34. The van der Waals surface area contributed by atoms with Gasteiger partial charge in [0.1, 0.15) is 17.3 Å². The Balaban J connectivity index is 2.00. The molecule has 2 aromatic rings. The van der Waals surface area contributed by atoms with E-state index in [0.717, 1.165) is 12.1 Å². The zero-order valence-electron chi connectivity index (χ0n) is 11.0. The number of rotatable bonds is 4. The molecule has 6 heteroatoms. The maximum atomic E-state index is 9.24. The Bertz CT molecular complexity index is 605. The molecule has 0 unspecified atom stereocenters. The lowest BCUT2D eigenvalue weighted by Gasteiger charge is -2.01. The van der Waals surface area contributed by atoms with Gasteiger partial charge in [0.05, 0.1) is 6.21 Å². The second-order valence-electron chi connectivity index (χ2n) is 3.98. The average Bonchev–Trinajstić information content (AvgIpc) is 2.89. The lowest BCUT2D eigenvalue weighted by Crippen LogP contribution is -2.31. The molecule has 104 valence electrons. The van der Waals surface area contributed by atoms with Crippen LogP contribution in [0, 0.1) is 0 Å². The number of phenolic OH excluding ortho intramolecular Hbond substituents is 1. The minimum absolute atomic E-state index is 0.225. The summed E-state index contributed by atoms with van der Waals surface area (Å²) in [6, 6.07) is 10.4. The Morgan fingerprint density at radius 2 is 2.05 bits per heavy atom. The van der Waals surface area contributed by atoms with Gasteiger partial charge >= 0.3 is 0 Å². The third-order valence-corrected chi connectivity index (χ3v) is 2.71. The van der Waals surface area contributed by atoms with E-state index >= 15 is 0 Å². The van der Waals surface area contributed by atoms with Crippen molar-refractivity contribution < 1.29 is 9.52 Å². The van der Waals surface area contributed by atoms with Crippen molar-refractivity contribution in [1.29, 1.82) is 0 Å². The number of hydrazone groups is 1. The normalized spacial score (nSPS) is 10.7. The van der Waals surface area contributed by atoms with E-state index in [1.165, 1.54) is 0 Å². The first-order valence-corrected chi connectivity index (χ1v) is 6.56. The highest BCUT2D eigenvalue weighted by Gasteiger charge is 2.03. The number of hydrogen-bond acceptors (Lipinski definition) is 4. The third kappa shape index (κ3) is 3.83. The molecule has 0 aliphatic heterocycles. The Labute approximate surface area is 122 Å². The fourth-order valence-electron chi connectivity index (χ4n) is 1.56. The summed E-state index contributed by atoms with van der Waals surface area (Å²) in [5.41, 5.74) is 3.57. The third-order valence-electron chi connectivity index (χ3n) is 2.47. The number of aromatic hydroxyl groups is 1. The number of phenols is 1. The first-order chi connectivity index (χ1) is 9.69. The van der Waals surface area contributed by atoms with E-state index in [1.54, 1.807) is 30.5 Å². The first kappa shape index (κ1) is 14.1. The molecule has 0 saturated heterocycles. The predicted octanol–water partition coefficient (Wildman–Crippen LogP) is 2.47. The van der Waals surface area contributed by atoms with Crippen molar-refractivity contribution >= 4 is 23.5 Å². The van der Waals surface area contributed by atoms with Gasteiger partial charge in [0.25, 0.3) is 0 Å². The summed E-state index contributed by atoms with van der Waals surface area (Å²) in [5.74, 6) is 1.55. The number of nitrogens with zero attached hydrogens (tertiary/aromatic N) is 1. The van der Waals surface area contributed by atoms with Crippen LogP contribution in [0.5, 0.6) is 5.75 Å². The number of furan rings is 1. The number of thiocarbonyl (C=S) groups is 1. The summed E-state index contributed by atoms with van der Waals surface area (Å²) in [4.78, 5) is 0. The van der Waals surface area contributed by atoms with Crippen molar-refractivity contribution in [3.8, 4) is 17.1 Å². The highest BCUT2D eigenvalue weighted by Crippen LogP contribution is 2.23. The van der Waals surface area contributed by atoms with E-state index in [0.29, 0.717) is 16.6 Å². The molecule has 20 heavy (non-hydrogen) atoms. The molecule has 1 heterocycles. The molecule has 1 aromatic heterocycles. The van der Waals surface area contributed by atoms with Crippen LogP contribution in [0.15, 0.2) is 45.9 Å². The van der Waals surface area contributed by atoms with Crippen molar-refractivity contribution in [3.05, 3.63) is 42.2 Å². The summed E-state index contributed by atoms with van der Waals surface area (Å²) in [6.45, 7) is 2.70. The molecule has 0 spiro atoms. The fraction of sp³-hybridized carbons (Fsp3) is 0.143. The van der Waals surface area contributed by atoms with Gasteiger partial charge in [0.15, 0.2) is 5.11 Å². The molecule has 0 saturated carbocycles. The van der Waals surface area contributed by atoms with Crippen LogP contribution in [0.1, 0.15) is 12.7 Å². The molecule has 0 amide bonds. The number of hydrogen-bond donors (Lipinski definition) is 3. The monoisotopic (exact) mass is 289 g/mol. The second-order valence-corrected chi connectivity index (χ2v) is 4.39. The Morgan fingerprint density at radius 1 is 1.30 bits per heavy atom. The fourth-order valence-corrected chi connectivity index (χ4v) is 1.75. The molecule has 0 aliphatic rings. The van der Waals surface area contributed by atoms with Crippen LogP contribution in [-0.4, -0.2) is 23.0 Å². The van der Waals surface area contributed by atoms with Crippen molar-refractivity contribution in [2.45, 2.75) is 6.92 Å². The van der Waals surface area contributed by atoms with Gasteiger partial charge in [0.2, 0.25) is 0 Å². The summed E-state index contributed by atoms with van der Waals surface area (Å²) in [5, 5.41) is 16.6. The number of benzene rings is 1. The van der Waals surface area contributed by atoms with Crippen LogP contribution < -0.4 is 10.7 Å². The van der Waals surface area contributed by atoms with Crippen LogP contribution in [-0.2, 0) is 0 Å². The van der Waals surface area contributed by atoms with Crippen LogP contribution in [0.3, 0.4) is 0 Å². The lowest BCUT2D eigenvalue weighted by atomic mass is 10.2. The van der Waals surface area contributed by atoms with Gasteiger partial charge in [-0.1, -0.05) is 0 Å². The second kappa shape index (κ2) is 6.72. The summed E-state index contributed by atoms with van der Waals surface area (Å²) in [6.07, 6.45) is 1.55. The summed E-state index contributed by atoms with van der Waals surface area (Å²) < 4.78 is 5.62. The zero-order valence-corrected chi connectivity index (χ0v) is 11.8. The molecule has 0 atom stereocenters. The molecule has 0 radical (unpaired) electrons. The van der Waals surface area contributed by atoms with Crippen molar-refractivity contribution in [1.82, 2.24) is 10.7 Å². The van der Waals surface area contributed by atoms with Gasteiger partial charge in [-0.3, -0.25) is 5.43 Å². The van der Waals surface area contributed by atoms with Crippen molar-refractivity contribution in [2.75, 3.05) is 6.54 Å². The van der Waals surface area contributed by atoms with Gasteiger partial charge in [-0.25, -0.2) is 0 Å². The van der Waals surface area contributed by atoms with Crippen LogP contribution in [0.2, 0.25) is 0 Å². The molecule has 0 bridgehead atoms. The Morgan fingerprint density at radius 3 is 2.75 bits per heavy atom. The molecule has 0 fully saturated rings. The first-order valence-electron chi connectivity index (χ1n) is 6.15. The SMILES string of the molecule is CCNC(=S)N/N=C/c1ccc(-c2ccc(O)cc2)o1. The van der Waals surface area contributed by atoms with Crippen LogP contribution in [0.4, 0.5) is 0 Å². The molecule has 1 aromatic carbocycles. The maximum absolute atomic E-state index is 9.24. The van der Waals surface area contributed by atoms with Gasteiger partial charge in [-0.15, -0.1) is 0 Å². The molecular weight excluding hydrogens is 274 g/mol. The van der Waals surface area contributed by atoms with E-state index in [-0.39, 0.29) is 5.75 Å². The molecule has 5 nitrogen and oxygen atoms in total. The van der Waals surface area contributed by atoms with E-state index in [2.05, 4.69) is 15.8 Å². The minimum Gasteiger partial charge on any atom is -0.508 e. The van der Waals surface area contributed by atoms with E-state index in [1.807, 2.05) is 19.1 Å². The largest absolute Gasteiger partial charge is 0.508 e. The lowest BCUT2D eigenvalue weighted by molar-refractivity contribution is 0.475. The van der Waals surface area contributed by atoms with Crippen molar-refractivity contribution in [2.24, 2.45) is 5.10 Å². The summed E-state index contributed by atoms with van der Waals surface area (Å²) >= 11 is 4.97. The smallest absolute Gasteiger partial charge is 0.186 e. The van der Waals surface area contributed by atoms with Crippen LogP contribution >= 0.6 is 12.2 Å². The minimum atomic E-state index is 0.225. The highest BCUT2D eigenvalue weighted by atomic mass is 32.1. The van der Waals surface area contributed by atoms with Gasteiger partial charge in [-0.05, 0) is 55.5 Å². The molecule has 3 N–H and O–H groups in total. The van der Waals surface area contributed by atoms with Crippen LogP contribution in [0.25, 0.3) is 11.3 Å². The molecular formula is C14H15N3O2S. The molecule has 2 rings (SSSR count). The van der Waals surface area contributed by atoms with Gasteiger partial charge in [-0.2, -0.15) is 5.10 Å². The van der Waals surface area contributed by atoms with Gasteiger partial charge < -0.3 is 14.8 Å². The average molecular weight is 289 g/mol. The number of nitrogens with one attached hydrogen (secondary N) is 2. The van der Waals surface area contributed by atoms with Crippen molar-refractivity contribution in [3.63, 3.8) is 0 Å². The zero-order chi connectivity index (χ0) is 14.4. The van der Waals surface area contributed by atoms with E-state index < -0.39 is 0 Å². The standard InChI is InChI=1S/C14H15N3O2S/c1-2-15-14(20)17-16-9-12-7-8-13(19-12)10-3-5-11(18)6-4-10/h3-9,18H,2H2,1H3,(H2,15,17,20)/b16-9+.